The summed E-state index contributed by atoms with van der Waals surface area (Å²) in [6.45, 7) is 1.64. The predicted octanol–water partition coefficient (Wildman–Crippen LogP) is 4.68. The highest BCUT2D eigenvalue weighted by Gasteiger charge is 2.18. The molecule has 8 nitrogen and oxygen atoms in total. The average molecular weight is 466 g/mol. The molecule has 33 heavy (non-hydrogen) atoms. The molecule has 0 bridgehead atoms. The van der Waals surface area contributed by atoms with Crippen LogP contribution in [0.2, 0.25) is 0 Å². The molecule has 0 atom stereocenters. The van der Waals surface area contributed by atoms with E-state index in [9.17, 15) is 9.59 Å². The molecule has 5 rings (SSSR count). The minimum Gasteiger partial charge on any atom is -0.484 e. The SMILES string of the molecule is CC(=O)NCc1ccc(-c2csc(NC(=O)COc3ccc4oc5c(c4c3)CCCC5)n2)o1. The predicted molar refractivity (Wildman–Crippen MR) is 124 cm³/mol. The third kappa shape index (κ3) is 4.78. The second kappa shape index (κ2) is 9.11. The molecule has 0 unspecified atom stereocenters. The van der Waals surface area contributed by atoms with Crippen molar-refractivity contribution in [1.82, 2.24) is 10.3 Å². The van der Waals surface area contributed by atoms with Crippen molar-refractivity contribution in [3.63, 3.8) is 0 Å². The van der Waals surface area contributed by atoms with Crippen molar-refractivity contribution in [2.45, 2.75) is 39.2 Å². The first-order valence-electron chi connectivity index (χ1n) is 10.8. The number of aromatic nitrogens is 1. The van der Waals surface area contributed by atoms with Crippen molar-refractivity contribution in [1.29, 1.82) is 0 Å². The first-order chi connectivity index (χ1) is 16.0. The van der Waals surface area contributed by atoms with Gasteiger partial charge >= 0.3 is 0 Å². The minimum atomic E-state index is -0.295. The first-order valence-corrected chi connectivity index (χ1v) is 11.7. The summed E-state index contributed by atoms with van der Waals surface area (Å²) in [6, 6.07) is 9.24. The van der Waals surface area contributed by atoms with Crippen molar-refractivity contribution in [2.24, 2.45) is 0 Å². The molecule has 170 valence electrons. The molecule has 0 spiro atoms. The molecule has 1 aliphatic carbocycles. The lowest BCUT2D eigenvalue weighted by atomic mass is 9.96. The Morgan fingerprint density at radius 2 is 2.03 bits per heavy atom. The van der Waals surface area contributed by atoms with Crippen LogP contribution in [-0.4, -0.2) is 23.4 Å². The number of thiazole rings is 1. The molecule has 4 aromatic rings. The van der Waals surface area contributed by atoms with E-state index < -0.39 is 0 Å². The van der Waals surface area contributed by atoms with Gasteiger partial charge in [-0.15, -0.1) is 11.3 Å². The minimum absolute atomic E-state index is 0.123. The van der Waals surface area contributed by atoms with Gasteiger partial charge in [-0.1, -0.05) is 0 Å². The average Bonchev–Trinajstić information content (AvgIpc) is 3.54. The fourth-order valence-electron chi connectivity index (χ4n) is 3.90. The van der Waals surface area contributed by atoms with E-state index in [1.165, 1.54) is 30.2 Å². The Balaban J connectivity index is 1.18. The molecule has 9 heteroatoms. The van der Waals surface area contributed by atoms with E-state index >= 15 is 0 Å². The molecule has 3 aromatic heterocycles. The van der Waals surface area contributed by atoms with Crippen LogP contribution in [0.25, 0.3) is 22.4 Å². The van der Waals surface area contributed by atoms with Crippen molar-refractivity contribution in [2.75, 3.05) is 11.9 Å². The molecule has 0 aliphatic heterocycles. The number of furan rings is 2. The first kappa shape index (κ1) is 21.3. The van der Waals surface area contributed by atoms with Gasteiger partial charge in [0.1, 0.15) is 28.5 Å². The molecule has 1 aliphatic rings. The van der Waals surface area contributed by atoms with Gasteiger partial charge in [-0.25, -0.2) is 4.98 Å². The number of hydrogen-bond donors (Lipinski definition) is 2. The standard InChI is InChI=1S/C24H23N3O5S/c1-14(28)25-11-16-7-9-22(31-16)19-13-33-24(26-19)27-23(29)12-30-15-6-8-21-18(10-15)17-4-2-3-5-20(17)32-21/h6-10,13H,2-5,11-12H2,1H3,(H,25,28)(H,26,27,29). The van der Waals surface area contributed by atoms with Crippen molar-refractivity contribution in [3.05, 3.63) is 52.8 Å². The van der Waals surface area contributed by atoms with E-state index in [0.717, 1.165) is 36.0 Å². The summed E-state index contributed by atoms with van der Waals surface area (Å²) >= 11 is 1.30. The van der Waals surface area contributed by atoms with E-state index in [1.54, 1.807) is 17.5 Å². The highest BCUT2D eigenvalue weighted by Crippen LogP contribution is 2.34. The Kier molecular flexibility index (Phi) is 5.87. The smallest absolute Gasteiger partial charge is 0.264 e. The zero-order chi connectivity index (χ0) is 22.8. The number of anilines is 1. The third-order valence-electron chi connectivity index (χ3n) is 5.47. The molecular formula is C24H23N3O5S. The van der Waals surface area contributed by atoms with Gasteiger partial charge in [-0.3, -0.25) is 14.9 Å². The maximum Gasteiger partial charge on any atom is 0.264 e. The molecule has 0 radical (unpaired) electrons. The number of fused-ring (bicyclic) bond motifs is 3. The summed E-state index contributed by atoms with van der Waals surface area (Å²) in [7, 11) is 0. The summed E-state index contributed by atoms with van der Waals surface area (Å²) in [5.74, 6) is 2.48. The van der Waals surface area contributed by atoms with Gasteiger partial charge in [-0.05, 0) is 49.6 Å². The van der Waals surface area contributed by atoms with Gasteiger partial charge in [0.2, 0.25) is 5.91 Å². The van der Waals surface area contributed by atoms with Gasteiger partial charge in [0.25, 0.3) is 5.91 Å². The molecular weight excluding hydrogens is 442 g/mol. The van der Waals surface area contributed by atoms with Crippen LogP contribution in [0.1, 0.15) is 36.8 Å². The molecule has 2 amide bonds. The van der Waals surface area contributed by atoms with Crippen molar-refractivity contribution >= 4 is 39.3 Å². The zero-order valence-electron chi connectivity index (χ0n) is 18.1. The second-order valence-corrected chi connectivity index (χ2v) is 8.78. The van der Waals surface area contributed by atoms with Crippen LogP contribution in [-0.2, 0) is 29.0 Å². The largest absolute Gasteiger partial charge is 0.484 e. The lowest BCUT2D eigenvalue weighted by molar-refractivity contribution is -0.119. The Bertz CT molecular complexity index is 1320. The number of nitrogens with zero attached hydrogens (tertiary/aromatic N) is 1. The number of ether oxygens (including phenoxy) is 1. The molecule has 1 aromatic carbocycles. The fourth-order valence-corrected chi connectivity index (χ4v) is 4.62. The van der Waals surface area contributed by atoms with E-state index in [-0.39, 0.29) is 18.4 Å². The number of rotatable bonds is 7. The lowest BCUT2D eigenvalue weighted by Crippen LogP contribution is -2.20. The quantitative estimate of drug-likeness (QED) is 0.410. The Hall–Kier alpha value is -3.59. The number of hydrogen-bond acceptors (Lipinski definition) is 7. The topological polar surface area (TPSA) is 107 Å². The van der Waals surface area contributed by atoms with Crippen LogP contribution >= 0.6 is 11.3 Å². The lowest BCUT2D eigenvalue weighted by Gasteiger charge is -2.09. The van der Waals surface area contributed by atoms with E-state index in [2.05, 4.69) is 15.6 Å². The number of carbonyl (C=O) groups excluding carboxylic acids is 2. The molecule has 0 saturated carbocycles. The van der Waals surface area contributed by atoms with Crippen molar-refractivity contribution < 1.29 is 23.2 Å². The van der Waals surface area contributed by atoms with E-state index in [1.807, 2.05) is 18.2 Å². The van der Waals surface area contributed by atoms with Gasteiger partial charge < -0.3 is 18.9 Å². The monoisotopic (exact) mass is 465 g/mol. The molecule has 3 heterocycles. The summed E-state index contributed by atoms with van der Waals surface area (Å²) in [5.41, 5.74) is 2.74. The van der Waals surface area contributed by atoms with E-state index in [0.29, 0.717) is 34.6 Å². The van der Waals surface area contributed by atoms with Crippen LogP contribution < -0.4 is 15.4 Å². The number of amides is 2. The fraction of sp³-hybridized carbons (Fsp3) is 0.292. The summed E-state index contributed by atoms with van der Waals surface area (Å²) in [6.07, 6.45) is 4.32. The molecule has 0 fully saturated rings. The normalized spacial score (nSPS) is 13.0. The number of carbonyl (C=O) groups is 2. The van der Waals surface area contributed by atoms with Crippen LogP contribution in [0.5, 0.6) is 5.75 Å². The van der Waals surface area contributed by atoms with Gasteiger partial charge in [-0.2, -0.15) is 0 Å². The van der Waals surface area contributed by atoms with Gasteiger partial charge in [0, 0.05) is 29.7 Å². The highest BCUT2D eigenvalue weighted by atomic mass is 32.1. The Labute approximate surface area is 193 Å². The van der Waals surface area contributed by atoms with Crippen LogP contribution in [0.3, 0.4) is 0 Å². The Morgan fingerprint density at radius 1 is 1.15 bits per heavy atom. The number of aryl methyl sites for hydroxylation is 2. The maximum absolute atomic E-state index is 12.4. The Morgan fingerprint density at radius 3 is 2.91 bits per heavy atom. The number of benzene rings is 1. The molecule has 0 saturated heterocycles. The summed E-state index contributed by atoms with van der Waals surface area (Å²) in [4.78, 5) is 27.8. The van der Waals surface area contributed by atoms with Gasteiger partial charge in [0.15, 0.2) is 17.5 Å². The van der Waals surface area contributed by atoms with Crippen LogP contribution in [0.15, 0.2) is 44.5 Å². The number of nitrogens with one attached hydrogen (secondary N) is 2. The third-order valence-corrected chi connectivity index (χ3v) is 6.23. The second-order valence-electron chi connectivity index (χ2n) is 7.92. The van der Waals surface area contributed by atoms with Crippen molar-refractivity contribution in [3.8, 4) is 17.2 Å². The highest BCUT2D eigenvalue weighted by molar-refractivity contribution is 7.14. The van der Waals surface area contributed by atoms with E-state index in [4.69, 9.17) is 13.6 Å². The van der Waals surface area contributed by atoms with Crippen LogP contribution in [0.4, 0.5) is 5.13 Å². The summed E-state index contributed by atoms with van der Waals surface area (Å²) < 4.78 is 17.4. The summed E-state index contributed by atoms with van der Waals surface area (Å²) in [5, 5.41) is 8.77. The van der Waals surface area contributed by atoms with Gasteiger partial charge in [0.05, 0.1) is 6.54 Å². The maximum atomic E-state index is 12.4. The van der Waals surface area contributed by atoms with Crippen LogP contribution in [0, 0.1) is 0 Å². The molecule has 2 N–H and O–H groups in total. The zero-order valence-corrected chi connectivity index (χ0v) is 18.9.